The van der Waals surface area contributed by atoms with Crippen molar-refractivity contribution >= 4 is 11.6 Å². The van der Waals surface area contributed by atoms with Crippen molar-refractivity contribution in [2.24, 2.45) is 0 Å². The summed E-state index contributed by atoms with van der Waals surface area (Å²) in [5, 5.41) is 0. The molecule has 0 spiro atoms. The molecule has 0 N–H and O–H groups in total. The van der Waals surface area contributed by atoms with E-state index >= 15 is 0 Å². The lowest BCUT2D eigenvalue weighted by Gasteiger charge is -2.19. The number of rotatable bonds is 3. The third kappa shape index (κ3) is 3.51. The molecule has 0 bridgehead atoms. The molecule has 0 atom stereocenters. The molecule has 0 aliphatic carbocycles. The van der Waals surface area contributed by atoms with Crippen LogP contribution in [0.4, 0.5) is 0 Å². The van der Waals surface area contributed by atoms with Gasteiger partial charge in [0.25, 0.3) is 0 Å². The molecule has 0 aliphatic rings. The topological polar surface area (TPSA) is 9.23 Å². The Morgan fingerprint density at radius 3 is 2.16 bits per heavy atom. The molecule has 0 aromatic heterocycles. The van der Waals surface area contributed by atoms with E-state index in [1.807, 2.05) is 36.4 Å². The van der Waals surface area contributed by atoms with Gasteiger partial charge in [-0.25, -0.2) is 0 Å². The van der Waals surface area contributed by atoms with Gasteiger partial charge in [-0.05, 0) is 29.2 Å². The van der Waals surface area contributed by atoms with E-state index in [1.165, 1.54) is 5.56 Å². The molecule has 2 rings (SSSR count). The van der Waals surface area contributed by atoms with Gasteiger partial charge in [0.2, 0.25) is 0 Å². The van der Waals surface area contributed by atoms with Crippen LogP contribution in [0, 0.1) is 0 Å². The molecule has 0 saturated heterocycles. The van der Waals surface area contributed by atoms with Crippen molar-refractivity contribution in [2.45, 2.75) is 32.1 Å². The highest BCUT2D eigenvalue weighted by molar-refractivity contribution is 6.17. The van der Waals surface area contributed by atoms with Gasteiger partial charge in [0.05, 0.1) is 5.88 Å². The highest BCUT2D eigenvalue weighted by Crippen LogP contribution is 2.29. The van der Waals surface area contributed by atoms with Crippen LogP contribution >= 0.6 is 11.6 Å². The van der Waals surface area contributed by atoms with Gasteiger partial charge in [-0.1, -0.05) is 51.1 Å². The van der Waals surface area contributed by atoms with Crippen LogP contribution < -0.4 is 4.74 Å². The fourth-order valence-corrected chi connectivity index (χ4v) is 2.08. The monoisotopic (exact) mass is 274 g/mol. The second kappa shape index (κ2) is 5.66. The van der Waals surface area contributed by atoms with Crippen molar-refractivity contribution < 1.29 is 4.74 Å². The number of ether oxygens (including phenoxy) is 1. The second-order valence-corrected chi connectivity index (χ2v) is 5.89. The molecular weight excluding hydrogens is 256 g/mol. The molecule has 0 heterocycles. The van der Waals surface area contributed by atoms with E-state index in [0.717, 1.165) is 17.1 Å². The van der Waals surface area contributed by atoms with E-state index in [1.54, 1.807) is 0 Å². The van der Waals surface area contributed by atoms with Crippen molar-refractivity contribution in [2.75, 3.05) is 0 Å². The fourth-order valence-electron chi connectivity index (χ4n) is 1.86. The Morgan fingerprint density at radius 2 is 1.58 bits per heavy atom. The van der Waals surface area contributed by atoms with Crippen molar-refractivity contribution in [3.8, 4) is 11.5 Å². The van der Waals surface area contributed by atoms with Crippen molar-refractivity contribution in [1.82, 2.24) is 0 Å². The lowest BCUT2D eigenvalue weighted by atomic mass is 9.87. The van der Waals surface area contributed by atoms with E-state index in [0.29, 0.717) is 5.88 Å². The zero-order valence-corrected chi connectivity index (χ0v) is 12.4. The maximum Gasteiger partial charge on any atom is 0.131 e. The molecule has 0 radical (unpaired) electrons. The van der Waals surface area contributed by atoms with Crippen molar-refractivity contribution in [1.29, 1.82) is 0 Å². The van der Waals surface area contributed by atoms with Crippen LogP contribution in [0.3, 0.4) is 0 Å². The standard InChI is InChI=1S/C17H19ClO/c1-17(2,3)14-8-10-15(11-9-14)19-16-7-5-4-6-13(16)12-18/h4-11H,12H2,1-3H3. The van der Waals surface area contributed by atoms with E-state index in [2.05, 4.69) is 32.9 Å². The molecule has 0 fully saturated rings. The maximum absolute atomic E-state index is 5.90. The SMILES string of the molecule is CC(C)(C)c1ccc(Oc2ccccc2CCl)cc1. The van der Waals surface area contributed by atoms with Crippen LogP contribution in [-0.2, 0) is 11.3 Å². The summed E-state index contributed by atoms with van der Waals surface area (Å²) >= 11 is 5.90. The predicted molar refractivity (Wildman–Crippen MR) is 81.2 cm³/mol. The molecule has 0 unspecified atom stereocenters. The third-order valence-corrected chi connectivity index (χ3v) is 3.35. The van der Waals surface area contributed by atoms with Gasteiger partial charge in [-0.2, -0.15) is 0 Å². The number of halogens is 1. The molecule has 19 heavy (non-hydrogen) atoms. The highest BCUT2D eigenvalue weighted by Gasteiger charge is 2.13. The van der Waals surface area contributed by atoms with E-state index in [9.17, 15) is 0 Å². The number of alkyl halides is 1. The minimum absolute atomic E-state index is 0.159. The summed E-state index contributed by atoms with van der Waals surface area (Å²) in [4.78, 5) is 0. The van der Waals surface area contributed by atoms with Crippen LogP contribution in [0.1, 0.15) is 31.9 Å². The van der Waals surface area contributed by atoms with Gasteiger partial charge >= 0.3 is 0 Å². The van der Waals surface area contributed by atoms with Gasteiger partial charge in [-0.3, -0.25) is 0 Å². The highest BCUT2D eigenvalue weighted by atomic mass is 35.5. The third-order valence-electron chi connectivity index (χ3n) is 3.06. The van der Waals surface area contributed by atoms with Crippen molar-refractivity contribution in [3.05, 3.63) is 59.7 Å². The molecule has 2 heteroatoms. The Hall–Kier alpha value is -1.47. The summed E-state index contributed by atoms with van der Waals surface area (Å²) in [6, 6.07) is 16.1. The maximum atomic E-state index is 5.90. The molecule has 0 amide bonds. The van der Waals surface area contributed by atoms with Gasteiger partial charge in [0, 0.05) is 5.56 Å². The number of hydrogen-bond donors (Lipinski definition) is 0. The zero-order chi connectivity index (χ0) is 13.9. The lowest BCUT2D eigenvalue weighted by molar-refractivity contribution is 0.477. The van der Waals surface area contributed by atoms with E-state index < -0.39 is 0 Å². The number of para-hydroxylation sites is 1. The Kier molecular flexibility index (Phi) is 4.16. The van der Waals surface area contributed by atoms with Gasteiger partial charge in [0.15, 0.2) is 0 Å². The predicted octanol–water partition coefficient (Wildman–Crippen LogP) is 5.52. The Morgan fingerprint density at radius 1 is 0.947 bits per heavy atom. The van der Waals surface area contributed by atoms with Crippen LogP contribution in [0.15, 0.2) is 48.5 Å². The molecule has 2 aromatic carbocycles. The Labute approximate surface area is 120 Å². The summed E-state index contributed by atoms with van der Waals surface area (Å²) in [6.07, 6.45) is 0. The van der Waals surface area contributed by atoms with E-state index in [-0.39, 0.29) is 5.41 Å². The fraction of sp³-hybridized carbons (Fsp3) is 0.294. The van der Waals surface area contributed by atoms with Crippen LogP contribution in [0.25, 0.3) is 0 Å². The number of hydrogen-bond acceptors (Lipinski definition) is 1. The largest absolute Gasteiger partial charge is 0.457 e. The lowest BCUT2D eigenvalue weighted by Crippen LogP contribution is -2.10. The summed E-state index contributed by atoms with van der Waals surface area (Å²) < 4.78 is 5.88. The molecule has 1 nitrogen and oxygen atoms in total. The van der Waals surface area contributed by atoms with Gasteiger partial charge in [-0.15, -0.1) is 11.6 Å². The normalized spacial score (nSPS) is 11.4. The minimum Gasteiger partial charge on any atom is -0.457 e. The van der Waals surface area contributed by atoms with Gasteiger partial charge < -0.3 is 4.74 Å². The molecule has 0 saturated carbocycles. The summed E-state index contributed by atoms with van der Waals surface area (Å²) in [6.45, 7) is 6.60. The molecular formula is C17H19ClO. The zero-order valence-electron chi connectivity index (χ0n) is 11.6. The first-order valence-electron chi connectivity index (χ1n) is 6.43. The average Bonchev–Trinajstić information content (AvgIpc) is 2.39. The van der Waals surface area contributed by atoms with E-state index in [4.69, 9.17) is 16.3 Å². The first-order chi connectivity index (χ1) is 9.00. The Bertz CT molecular complexity index is 538. The smallest absolute Gasteiger partial charge is 0.131 e. The average molecular weight is 275 g/mol. The van der Waals surface area contributed by atoms with Crippen LogP contribution in [0.5, 0.6) is 11.5 Å². The Balaban J connectivity index is 2.20. The van der Waals surface area contributed by atoms with Crippen LogP contribution in [-0.4, -0.2) is 0 Å². The summed E-state index contributed by atoms with van der Waals surface area (Å²) in [5.41, 5.74) is 2.46. The molecule has 0 aliphatic heterocycles. The first kappa shape index (κ1) is 14.0. The van der Waals surface area contributed by atoms with Crippen molar-refractivity contribution in [3.63, 3.8) is 0 Å². The van der Waals surface area contributed by atoms with Gasteiger partial charge in [0.1, 0.15) is 11.5 Å². The molecule has 2 aromatic rings. The first-order valence-corrected chi connectivity index (χ1v) is 6.96. The summed E-state index contributed by atoms with van der Waals surface area (Å²) in [7, 11) is 0. The number of benzene rings is 2. The second-order valence-electron chi connectivity index (χ2n) is 5.62. The molecule has 100 valence electrons. The van der Waals surface area contributed by atoms with Crippen LogP contribution in [0.2, 0.25) is 0 Å². The summed E-state index contributed by atoms with van der Waals surface area (Å²) in [5.74, 6) is 2.11. The minimum atomic E-state index is 0.159. The quantitative estimate of drug-likeness (QED) is 0.670.